The van der Waals surface area contributed by atoms with Crippen molar-refractivity contribution in [1.82, 2.24) is 9.97 Å². The number of hydrogen-bond acceptors (Lipinski definition) is 7. The van der Waals surface area contributed by atoms with Crippen molar-refractivity contribution in [3.63, 3.8) is 0 Å². The van der Waals surface area contributed by atoms with Crippen LogP contribution in [-0.2, 0) is 4.79 Å². The van der Waals surface area contributed by atoms with Crippen LogP contribution < -0.4 is 15.4 Å². The Hall–Kier alpha value is -2.81. The van der Waals surface area contributed by atoms with Gasteiger partial charge in [-0.25, -0.2) is 4.98 Å². The summed E-state index contributed by atoms with van der Waals surface area (Å²) in [6, 6.07) is 8.12. The number of carboxylic acids is 1. The predicted molar refractivity (Wildman–Crippen MR) is 151 cm³/mol. The van der Waals surface area contributed by atoms with Gasteiger partial charge in [0.1, 0.15) is 18.0 Å². The molecule has 3 N–H and O–H groups in total. The molecule has 0 unspecified atom stereocenters. The number of ether oxygens (including phenoxy) is 1. The van der Waals surface area contributed by atoms with E-state index in [0.29, 0.717) is 24.2 Å². The van der Waals surface area contributed by atoms with Crippen molar-refractivity contribution in [2.75, 3.05) is 29.5 Å². The molecule has 1 amide bonds. The molecule has 8 nitrogen and oxygen atoms in total. The van der Waals surface area contributed by atoms with E-state index in [0.717, 1.165) is 43.5 Å². The van der Waals surface area contributed by atoms with Crippen LogP contribution in [0.2, 0.25) is 0 Å². The molecule has 2 aromatic rings. The number of carbonyl (C=O) groups excluding carboxylic acids is 1. The fourth-order valence-electron chi connectivity index (χ4n) is 5.44. The lowest BCUT2D eigenvalue weighted by molar-refractivity contribution is -0.138. The molecule has 38 heavy (non-hydrogen) atoms. The number of fused-ring (bicyclic) bond motifs is 1. The highest BCUT2D eigenvalue weighted by Crippen LogP contribution is 2.38. The molecule has 0 radical (unpaired) electrons. The van der Waals surface area contributed by atoms with Gasteiger partial charge in [-0.15, -0.1) is 0 Å². The van der Waals surface area contributed by atoms with Gasteiger partial charge in [-0.05, 0) is 61.6 Å². The van der Waals surface area contributed by atoms with E-state index >= 15 is 0 Å². The minimum atomic E-state index is -0.709. The summed E-state index contributed by atoms with van der Waals surface area (Å²) in [6.45, 7) is 2.94. The van der Waals surface area contributed by atoms with Crippen molar-refractivity contribution >= 4 is 35.1 Å². The van der Waals surface area contributed by atoms with Crippen LogP contribution in [0, 0.1) is 5.92 Å². The molecule has 1 aromatic heterocycles. The maximum Gasteiger partial charge on any atom is 0.303 e. The molecular formula is C29H40N4O4S. The number of hydrogen-bond donors (Lipinski definition) is 2. The second-order valence-corrected chi connectivity index (χ2v) is 11.5. The molecule has 0 spiro atoms. The monoisotopic (exact) mass is 540 g/mol. The Labute approximate surface area is 229 Å². The van der Waals surface area contributed by atoms with Gasteiger partial charge >= 0.3 is 5.97 Å². The van der Waals surface area contributed by atoms with Crippen LogP contribution in [0.5, 0.6) is 5.88 Å². The highest BCUT2D eigenvalue weighted by Gasteiger charge is 2.30. The highest BCUT2D eigenvalue weighted by atomic mass is 32.2. The number of nitrogens with zero attached hydrogens (tertiary/aromatic N) is 3. The van der Waals surface area contributed by atoms with Gasteiger partial charge in [0.05, 0.1) is 6.54 Å². The first kappa shape index (κ1) is 28.2. The summed E-state index contributed by atoms with van der Waals surface area (Å²) in [7, 11) is 0. The number of thioether (sulfide) groups is 1. The van der Waals surface area contributed by atoms with Gasteiger partial charge in [0.15, 0.2) is 5.16 Å². The fraction of sp³-hybridized carbons (Fsp3) is 0.586. The van der Waals surface area contributed by atoms with Gasteiger partial charge in [0, 0.05) is 17.9 Å². The molecule has 4 rings (SSSR count). The minimum absolute atomic E-state index is 0.159. The number of anilines is 2. The van der Waals surface area contributed by atoms with E-state index in [1.807, 2.05) is 12.1 Å². The van der Waals surface area contributed by atoms with Crippen molar-refractivity contribution in [3.05, 3.63) is 35.4 Å². The molecule has 9 heteroatoms. The fourth-order valence-corrected chi connectivity index (χ4v) is 6.28. The van der Waals surface area contributed by atoms with Crippen molar-refractivity contribution < 1.29 is 19.4 Å². The number of aromatic nitrogens is 2. The van der Waals surface area contributed by atoms with Crippen LogP contribution in [0.25, 0.3) is 0 Å². The van der Waals surface area contributed by atoms with Crippen molar-refractivity contribution in [2.45, 2.75) is 88.6 Å². The Kier molecular flexibility index (Phi) is 10.3. The summed E-state index contributed by atoms with van der Waals surface area (Å²) in [5.41, 5.74) is 8.51. The van der Waals surface area contributed by atoms with Crippen LogP contribution in [0.3, 0.4) is 0 Å². The molecular weight excluding hydrogens is 500 g/mol. The van der Waals surface area contributed by atoms with Gasteiger partial charge in [-0.3, -0.25) is 9.59 Å². The van der Waals surface area contributed by atoms with Crippen molar-refractivity contribution in [3.8, 4) is 5.88 Å². The lowest BCUT2D eigenvalue weighted by atomic mass is 9.77. The van der Waals surface area contributed by atoms with E-state index in [-0.39, 0.29) is 35.5 Å². The summed E-state index contributed by atoms with van der Waals surface area (Å²) < 4.78 is 5.87. The molecule has 2 heterocycles. The first-order valence-corrected chi connectivity index (χ1v) is 15.0. The van der Waals surface area contributed by atoms with E-state index < -0.39 is 5.97 Å². The largest absolute Gasteiger partial charge is 0.481 e. The number of unbranched alkanes of at least 4 members (excludes halogenated alkanes) is 5. The molecule has 1 saturated carbocycles. The second-order valence-electron chi connectivity index (χ2n) is 10.4. The third-order valence-electron chi connectivity index (χ3n) is 7.61. The standard InChI is InChI=1S/C29H40N4O4S/c1-2-3-4-5-6-7-18-38-29-31-26(30)25-27(32-29)37-17-16-33(28(25)36)23-14-12-22(13-15-23)21-10-8-20(9-11-21)19-24(34)35/h12-15,20-21H,2-11,16-19H2,1H3,(H,34,35)(H2,30,31,32)/t20-,21-. The smallest absolute Gasteiger partial charge is 0.303 e. The summed E-state index contributed by atoms with van der Waals surface area (Å²) in [5.74, 6) is 1.09. The SMILES string of the molecule is CCCCCCCCSc1nc(N)c2c(n1)OCCN(c1ccc([C@H]3CC[C@H](CC(=O)O)CC3)cc1)C2=O. The molecule has 1 fully saturated rings. The van der Waals surface area contributed by atoms with E-state index in [4.69, 9.17) is 15.6 Å². The number of carboxylic acid groups (broad SMARTS) is 1. The maximum absolute atomic E-state index is 13.5. The van der Waals surface area contributed by atoms with Crippen molar-refractivity contribution in [1.29, 1.82) is 0 Å². The first-order chi connectivity index (χ1) is 18.5. The maximum atomic E-state index is 13.5. The number of aliphatic carboxylic acids is 1. The Balaban J connectivity index is 1.37. The first-order valence-electron chi connectivity index (χ1n) is 14.0. The van der Waals surface area contributed by atoms with E-state index in [1.54, 1.807) is 16.7 Å². The minimum Gasteiger partial charge on any atom is -0.481 e. The van der Waals surface area contributed by atoms with Gasteiger partial charge in [0.2, 0.25) is 5.88 Å². The number of nitrogen functional groups attached to an aromatic ring is 1. The Morgan fingerprint density at radius 1 is 1.08 bits per heavy atom. The summed E-state index contributed by atoms with van der Waals surface area (Å²) in [6.07, 6.45) is 11.5. The number of carbonyl (C=O) groups is 2. The lowest BCUT2D eigenvalue weighted by Crippen LogP contribution is -2.32. The Morgan fingerprint density at radius 2 is 1.79 bits per heavy atom. The number of amides is 1. The lowest BCUT2D eigenvalue weighted by Gasteiger charge is -2.28. The quantitative estimate of drug-likeness (QED) is 0.183. The van der Waals surface area contributed by atoms with Gasteiger partial charge in [-0.2, -0.15) is 4.98 Å². The second kappa shape index (κ2) is 13.8. The third kappa shape index (κ3) is 7.40. The average molecular weight is 541 g/mol. The van der Waals surface area contributed by atoms with E-state index in [9.17, 15) is 9.59 Å². The third-order valence-corrected chi connectivity index (χ3v) is 8.54. The van der Waals surface area contributed by atoms with Gasteiger partial charge in [0.25, 0.3) is 5.91 Å². The molecule has 1 aromatic carbocycles. The Bertz CT molecular complexity index is 1090. The molecule has 206 valence electrons. The average Bonchev–Trinajstić information content (AvgIpc) is 3.07. The summed E-state index contributed by atoms with van der Waals surface area (Å²) in [4.78, 5) is 35.1. The summed E-state index contributed by atoms with van der Waals surface area (Å²) >= 11 is 1.56. The zero-order chi connectivity index (χ0) is 26.9. The molecule has 2 aliphatic rings. The zero-order valence-electron chi connectivity index (χ0n) is 22.4. The molecule has 1 aliphatic carbocycles. The molecule has 0 saturated heterocycles. The van der Waals surface area contributed by atoms with Gasteiger partial charge in [-0.1, -0.05) is 62.9 Å². The topological polar surface area (TPSA) is 119 Å². The van der Waals surface area contributed by atoms with Crippen LogP contribution in [-0.4, -0.2) is 45.9 Å². The van der Waals surface area contributed by atoms with E-state index in [2.05, 4.69) is 29.0 Å². The van der Waals surface area contributed by atoms with Crippen LogP contribution in [0.15, 0.2) is 29.4 Å². The van der Waals surface area contributed by atoms with Gasteiger partial charge < -0.3 is 20.5 Å². The number of benzene rings is 1. The van der Waals surface area contributed by atoms with Crippen LogP contribution >= 0.6 is 11.8 Å². The molecule has 1 aliphatic heterocycles. The van der Waals surface area contributed by atoms with Crippen LogP contribution in [0.1, 0.15) is 99.4 Å². The summed E-state index contributed by atoms with van der Waals surface area (Å²) in [5, 5.41) is 9.61. The zero-order valence-corrected chi connectivity index (χ0v) is 23.2. The molecule has 0 atom stereocenters. The normalized spacial score (nSPS) is 19.5. The van der Waals surface area contributed by atoms with Crippen molar-refractivity contribution in [2.24, 2.45) is 5.92 Å². The predicted octanol–water partition coefficient (Wildman–Crippen LogP) is 6.30. The highest BCUT2D eigenvalue weighted by molar-refractivity contribution is 7.99. The van der Waals surface area contributed by atoms with E-state index in [1.165, 1.54) is 37.7 Å². The van der Waals surface area contributed by atoms with Crippen LogP contribution in [0.4, 0.5) is 11.5 Å². The Morgan fingerprint density at radius 3 is 2.50 bits per heavy atom. The molecule has 0 bridgehead atoms. The number of nitrogens with two attached hydrogens (primary N) is 1. The number of rotatable bonds is 12.